The van der Waals surface area contributed by atoms with Gasteiger partial charge < -0.3 is 10.2 Å². The number of amides is 1. The Morgan fingerprint density at radius 3 is 2.46 bits per heavy atom. The first-order chi connectivity index (χ1) is 11.6. The molecule has 0 radical (unpaired) electrons. The third-order valence-corrected chi connectivity index (χ3v) is 4.11. The van der Waals surface area contributed by atoms with E-state index in [1.165, 1.54) is 42.8 Å². The number of carbonyl (C=O) groups is 1. The van der Waals surface area contributed by atoms with E-state index >= 15 is 0 Å². The molecule has 1 aliphatic heterocycles. The zero-order valence-corrected chi connectivity index (χ0v) is 13.9. The second kappa shape index (κ2) is 7.40. The van der Waals surface area contributed by atoms with Gasteiger partial charge in [-0.1, -0.05) is 6.07 Å². The molecular weight excluding hydrogens is 325 g/mol. The molecule has 0 saturated carbocycles. The molecule has 2 aromatic rings. The summed E-state index contributed by atoms with van der Waals surface area (Å²) in [5.41, 5.74) is 2.21. The first-order valence-corrected chi connectivity index (χ1v) is 8.25. The Bertz CT molecular complexity index is 742. The van der Waals surface area contributed by atoms with Crippen molar-refractivity contribution >= 4 is 34.6 Å². The molecule has 6 heteroatoms. The van der Waals surface area contributed by atoms with Crippen molar-refractivity contribution in [2.24, 2.45) is 0 Å². The third kappa shape index (κ3) is 4.08. The second-order valence-corrected chi connectivity index (χ2v) is 6.07. The minimum Gasteiger partial charge on any atom is -0.372 e. The monoisotopic (exact) mass is 343 g/mol. The number of nitrogens with one attached hydrogen (secondary N) is 2. The topological polar surface area (TPSA) is 44.4 Å². The molecule has 4 nitrogen and oxygen atoms in total. The number of hydrogen-bond donors (Lipinski definition) is 2. The van der Waals surface area contributed by atoms with Crippen molar-refractivity contribution in [3.8, 4) is 0 Å². The lowest BCUT2D eigenvalue weighted by atomic mass is 10.2. The molecule has 0 aromatic heterocycles. The summed E-state index contributed by atoms with van der Waals surface area (Å²) in [4.78, 5) is 14.4. The van der Waals surface area contributed by atoms with Crippen molar-refractivity contribution in [2.75, 3.05) is 23.3 Å². The zero-order valence-electron chi connectivity index (χ0n) is 13.1. The highest BCUT2D eigenvalue weighted by atomic mass is 32.1. The Kier molecular flexibility index (Phi) is 5.05. The van der Waals surface area contributed by atoms with Crippen LogP contribution >= 0.6 is 12.2 Å². The molecule has 124 valence electrons. The van der Waals surface area contributed by atoms with Crippen molar-refractivity contribution in [3.05, 3.63) is 59.9 Å². The normalized spacial score (nSPS) is 13.6. The fraction of sp³-hybridized carbons (Fsp3) is 0.222. The van der Waals surface area contributed by atoms with E-state index in [1.54, 1.807) is 0 Å². The minimum absolute atomic E-state index is 0.179. The van der Waals surface area contributed by atoms with Crippen LogP contribution in [0.2, 0.25) is 0 Å². The van der Waals surface area contributed by atoms with Crippen molar-refractivity contribution in [2.45, 2.75) is 12.8 Å². The Balaban J connectivity index is 1.57. The van der Waals surface area contributed by atoms with Gasteiger partial charge in [0.05, 0.1) is 0 Å². The lowest BCUT2D eigenvalue weighted by Gasteiger charge is -2.18. The van der Waals surface area contributed by atoms with E-state index < -0.39 is 11.7 Å². The Morgan fingerprint density at radius 1 is 1.08 bits per heavy atom. The maximum Gasteiger partial charge on any atom is 0.257 e. The molecule has 2 N–H and O–H groups in total. The van der Waals surface area contributed by atoms with Crippen LogP contribution in [0.3, 0.4) is 0 Å². The summed E-state index contributed by atoms with van der Waals surface area (Å²) in [6.07, 6.45) is 2.46. The van der Waals surface area contributed by atoms with Crippen molar-refractivity contribution in [3.63, 3.8) is 0 Å². The largest absolute Gasteiger partial charge is 0.372 e. The minimum atomic E-state index is -0.459. The molecular formula is C18H18FN3OS. The summed E-state index contributed by atoms with van der Waals surface area (Å²) in [5.74, 6) is -0.903. The van der Waals surface area contributed by atoms with Gasteiger partial charge in [-0.15, -0.1) is 0 Å². The van der Waals surface area contributed by atoms with Crippen molar-refractivity contribution in [1.82, 2.24) is 5.32 Å². The first-order valence-electron chi connectivity index (χ1n) is 7.85. The van der Waals surface area contributed by atoms with E-state index in [4.69, 9.17) is 12.2 Å². The number of rotatable bonds is 3. The van der Waals surface area contributed by atoms with E-state index in [0.717, 1.165) is 18.8 Å². The molecule has 2 aromatic carbocycles. The molecule has 0 unspecified atom stereocenters. The number of halogens is 1. The summed E-state index contributed by atoms with van der Waals surface area (Å²) >= 11 is 5.14. The molecule has 1 saturated heterocycles. The van der Waals surface area contributed by atoms with Gasteiger partial charge in [0.25, 0.3) is 5.91 Å². The fourth-order valence-electron chi connectivity index (χ4n) is 2.70. The van der Waals surface area contributed by atoms with Gasteiger partial charge in [0, 0.05) is 30.0 Å². The van der Waals surface area contributed by atoms with Crippen molar-refractivity contribution < 1.29 is 9.18 Å². The number of nitrogens with zero attached hydrogens (tertiary/aromatic N) is 1. The molecule has 1 heterocycles. The molecule has 0 bridgehead atoms. The predicted molar refractivity (Wildman–Crippen MR) is 98.0 cm³/mol. The van der Waals surface area contributed by atoms with E-state index in [0.29, 0.717) is 0 Å². The highest BCUT2D eigenvalue weighted by molar-refractivity contribution is 7.80. The van der Waals surface area contributed by atoms with Gasteiger partial charge in [0.1, 0.15) is 5.82 Å². The number of anilines is 2. The van der Waals surface area contributed by atoms with Crippen LogP contribution in [-0.2, 0) is 0 Å². The fourth-order valence-corrected chi connectivity index (χ4v) is 2.91. The van der Waals surface area contributed by atoms with Crippen LogP contribution in [0, 0.1) is 5.82 Å². The summed E-state index contributed by atoms with van der Waals surface area (Å²) in [6, 6.07) is 13.4. The van der Waals surface area contributed by atoms with Crippen LogP contribution in [0.15, 0.2) is 48.5 Å². The lowest BCUT2D eigenvalue weighted by Crippen LogP contribution is -2.34. The maximum atomic E-state index is 13.1. The van der Waals surface area contributed by atoms with Gasteiger partial charge in [0.2, 0.25) is 0 Å². The number of hydrogen-bond acceptors (Lipinski definition) is 3. The molecule has 1 aliphatic rings. The van der Waals surface area contributed by atoms with Gasteiger partial charge in [-0.2, -0.15) is 0 Å². The highest BCUT2D eigenvalue weighted by Crippen LogP contribution is 2.22. The number of carbonyl (C=O) groups excluding carboxylic acids is 1. The molecule has 0 atom stereocenters. The van der Waals surface area contributed by atoms with Crippen LogP contribution in [0.5, 0.6) is 0 Å². The van der Waals surface area contributed by atoms with Crippen LogP contribution in [0.4, 0.5) is 15.8 Å². The summed E-state index contributed by atoms with van der Waals surface area (Å²) in [5, 5.41) is 5.69. The molecule has 1 amide bonds. The van der Waals surface area contributed by atoms with E-state index in [9.17, 15) is 9.18 Å². The summed E-state index contributed by atoms with van der Waals surface area (Å²) in [7, 11) is 0. The predicted octanol–water partition coefficient (Wildman–Crippen LogP) is 3.55. The molecule has 0 aliphatic carbocycles. The smallest absolute Gasteiger partial charge is 0.257 e. The van der Waals surface area contributed by atoms with Crippen LogP contribution in [0.1, 0.15) is 23.2 Å². The van der Waals surface area contributed by atoms with Gasteiger partial charge in [-0.3, -0.25) is 10.1 Å². The highest BCUT2D eigenvalue weighted by Gasteiger charge is 2.12. The van der Waals surface area contributed by atoms with Gasteiger partial charge in [-0.05, 0) is 67.5 Å². The van der Waals surface area contributed by atoms with Crippen LogP contribution < -0.4 is 15.5 Å². The molecule has 0 spiro atoms. The number of benzene rings is 2. The second-order valence-electron chi connectivity index (χ2n) is 5.66. The number of thiocarbonyl (C=S) groups is 1. The maximum absolute atomic E-state index is 13.1. The Morgan fingerprint density at radius 2 is 1.79 bits per heavy atom. The van der Waals surface area contributed by atoms with E-state index in [-0.39, 0.29) is 10.7 Å². The average Bonchev–Trinajstić information content (AvgIpc) is 3.10. The van der Waals surface area contributed by atoms with E-state index in [1.807, 2.05) is 24.3 Å². The first kappa shape index (κ1) is 16.4. The summed E-state index contributed by atoms with van der Waals surface area (Å²) in [6.45, 7) is 2.18. The SMILES string of the molecule is O=C(NC(=S)Nc1ccc(N2CCCC2)cc1)c1cccc(F)c1. The van der Waals surface area contributed by atoms with E-state index in [2.05, 4.69) is 15.5 Å². The Hall–Kier alpha value is -2.47. The standard InChI is InChI=1S/C18H18FN3OS/c19-14-5-3-4-13(12-14)17(23)21-18(24)20-15-6-8-16(9-7-15)22-10-1-2-11-22/h3-9,12H,1-2,10-11H2,(H2,20,21,23,24). The molecule has 3 rings (SSSR count). The quantitative estimate of drug-likeness (QED) is 0.837. The summed E-state index contributed by atoms with van der Waals surface area (Å²) < 4.78 is 13.1. The van der Waals surface area contributed by atoms with Crippen LogP contribution in [-0.4, -0.2) is 24.1 Å². The van der Waals surface area contributed by atoms with Crippen LogP contribution in [0.25, 0.3) is 0 Å². The third-order valence-electron chi connectivity index (χ3n) is 3.91. The molecule has 1 fully saturated rings. The Labute approximate surface area is 145 Å². The van der Waals surface area contributed by atoms with Gasteiger partial charge >= 0.3 is 0 Å². The molecule has 24 heavy (non-hydrogen) atoms. The van der Waals surface area contributed by atoms with Gasteiger partial charge in [-0.25, -0.2) is 4.39 Å². The zero-order chi connectivity index (χ0) is 16.9. The lowest BCUT2D eigenvalue weighted by molar-refractivity contribution is 0.0977. The average molecular weight is 343 g/mol. The van der Waals surface area contributed by atoms with Gasteiger partial charge in [0.15, 0.2) is 5.11 Å². The van der Waals surface area contributed by atoms with Crippen molar-refractivity contribution in [1.29, 1.82) is 0 Å².